The Balaban J connectivity index is 1.90. The van der Waals surface area contributed by atoms with E-state index in [0.29, 0.717) is 5.92 Å². The molecule has 2 rings (SSSR count). The first-order valence-electron chi connectivity index (χ1n) is 5.12. The first-order chi connectivity index (χ1) is 7.15. The molecule has 0 unspecified atom stereocenters. The summed E-state index contributed by atoms with van der Waals surface area (Å²) in [6, 6.07) is 5.78. The molecule has 0 aromatic heterocycles. The lowest BCUT2D eigenvalue weighted by atomic mass is 9.82. The minimum atomic E-state index is -0.0864. The molecular formula is C11H15BrN2O. The third-order valence-electron chi connectivity index (χ3n) is 2.81. The van der Waals surface area contributed by atoms with E-state index in [9.17, 15) is 0 Å². The van der Waals surface area contributed by atoms with Crippen molar-refractivity contribution < 1.29 is 5.11 Å². The molecule has 3 nitrogen and oxygen atoms in total. The van der Waals surface area contributed by atoms with Gasteiger partial charge in [-0.2, -0.15) is 0 Å². The average molecular weight is 271 g/mol. The van der Waals surface area contributed by atoms with Gasteiger partial charge in [0.1, 0.15) is 0 Å². The van der Waals surface area contributed by atoms with Crippen molar-refractivity contribution in [1.29, 1.82) is 0 Å². The fourth-order valence-electron chi connectivity index (χ4n) is 1.80. The molecular weight excluding hydrogens is 256 g/mol. The van der Waals surface area contributed by atoms with Crippen molar-refractivity contribution in [3.05, 3.63) is 22.7 Å². The maximum Gasteiger partial charge on any atom is 0.0585 e. The third kappa shape index (κ3) is 2.63. The Hall–Kier alpha value is -0.740. The Bertz CT molecular complexity index is 350. The monoisotopic (exact) mass is 270 g/mol. The average Bonchev–Trinajstić information content (AvgIpc) is 2.16. The molecule has 0 saturated heterocycles. The third-order valence-corrected chi connectivity index (χ3v) is 3.30. The normalized spacial score (nSPS) is 24.7. The molecule has 1 saturated carbocycles. The Morgan fingerprint density at radius 2 is 2.20 bits per heavy atom. The fraction of sp³-hybridized carbons (Fsp3) is 0.455. The highest BCUT2D eigenvalue weighted by Crippen LogP contribution is 2.29. The second-order valence-electron chi connectivity index (χ2n) is 4.10. The van der Waals surface area contributed by atoms with Crippen LogP contribution < -0.4 is 11.1 Å². The van der Waals surface area contributed by atoms with E-state index in [1.54, 1.807) is 0 Å². The molecule has 82 valence electrons. The maximum absolute atomic E-state index is 9.15. The lowest BCUT2D eigenvalue weighted by Crippen LogP contribution is -2.33. The van der Waals surface area contributed by atoms with Crippen LogP contribution >= 0.6 is 15.9 Å². The lowest BCUT2D eigenvalue weighted by molar-refractivity contribution is 0.0487. The van der Waals surface area contributed by atoms with Crippen LogP contribution in [0.4, 0.5) is 11.4 Å². The second-order valence-corrected chi connectivity index (χ2v) is 5.02. The van der Waals surface area contributed by atoms with Gasteiger partial charge < -0.3 is 16.2 Å². The predicted molar refractivity (Wildman–Crippen MR) is 65.8 cm³/mol. The molecule has 0 atom stereocenters. The van der Waals surface area contributed by atoms with E-state index >= 15 is 0 Å². The van der Waals surface area contributed by atoms with Crippen LogP contribution in [0.15, 0.2) is 22.7 Å². The van der Waals surface area contributed by atoms with Crippen molar-refractivity contribution in [3.63, 3.8) is 0 Å². The zero-order chi connectivity index (χ0) is 10.8. The molecule has 1 aliphatic rings. The maximum atomic E-state index is 9.15. The summed E-state index contributed by atoms with van der Waals surface area (Å²) in [6.45, 7) is 0.887. The molecule has 0 heterocycles. The highest BCUT2D eigenvalue weighted by Gasteiger charge is 2.26. The van der Waals surface area contributed by atoms with Crippen molar-refractivity contribution in [3.8, 4) is 0 Å². The van der Waals surface area contributed by atoms with Crippen molar-refractivity contribution in [2.45, 2.75) is 18.9 Å². The first kappa shape index (κ1) is 10.8. The summed E-state index contributed by atoms with van der Waals surface area (Å²) >= 11 is 3.41. The summed E-state index contributed by atoms with van der Waals surface area (Å²) in [5, 5.41) is 12.5. The van der Waals surface area contributed by atoms with Gasteiger partial charge in [-0.15, -0.1) is 0 Å². The molecule has 0 aliphatic heterocycles. The van der Waals surface area contributed by atoms with Gasteiger partial charge in [-0.3, -0.25) is 0 Å². The van der Waals surface area contributed by atoms with E-state index in [2.05, 4.69) is 21.2 Å². The van der Waals surface area contributed by atoms with Crippen molar-refractivity contribution in [2.75, 3.05) is 17.6 Å². The van der Waals surface area contributed by atoms with Crippen molar-refractivity contribution >= 4 is 27.3 Å². The number of nitrogens with one attached hydrogen (secondary N) is 1. The summed E-state index contributed by atoms with van der Waals surface area (Å²) in [7, 11) is 0. The standard InChI is InChI=1S/C11H15BrN2O/c12-8-1-2-10(13)11(5-8)14-6-7-3-9(15)4-7/h1-2,5,7,9,14-15H,3-4,6,13H2. The van der Waals surface area contributed by atoms with Crippen LogP contribution in [0, 0.1) is 5.92 Å². The van der Waals surface area contributed by atoms with E-state index in [1.165, 1.54) is 0 Å². The summed E-state index contributed by atoms with van der Waals surface area (Å²) in [4.78, 5) is 0. The number of anilines is 2. The number of benzene rings is 1. The van der Waals surface area contributed by atoms with E-state index in [0.717, 1.165) is 35.2 Å². The predicted octanol–water partition coefficient (Wildman–Crippen LogP) is 2.21. The fourth-order valence-corrected chi connectivity index (χ4v) is 2.16. The van der Waals surface area contributed by atoms with Gasteiger partial charge in [0.05, 0.1) is 17.5 Å². The number of nitrogen functional groups attached to an aromatic ring is 1. The summed E-state index contributed by atoms with van der Waals surface area (Å²) < 4.78 is 1.02. The summed E-state index contributed by atoms with van der Waals surface area (Å²) in [5.74, 6) is 0.582. The largest absolute Gasteiger partial charge is 0.397 e. The topological polar surface area (TPSA) is 58.3 Å². The molecule has 0 radical (unpaired) electrons. The number of aliphatic hydroxyl groups is 1. The molecule has 1 aliphatic carbocycles. The molecule has 1 aromatic rings. The van der Waals surface area contributed by atoms with Crippen LogP contribution in [0.3, 0.4) is 0 Å². The summed E-state index contributed by atoms with van der Waals surface area (Å²) in [6.07, 6.45) is 1.72. The van der Waals surface area contributed by atoms with Crippen LogP contribution in [0.1, 0.15) is 12.8 Å². The number of hydrogen-bond acceptors (Lipinski definition) is 3. The minimum absolute atomic E-state index is 0.0864. The number of aliphatic hydroxyl groups excluding tert-OH is 1. The molecule has 4 heteroatoms. The van der Waals surface area contributed by atoms with Crippen LogP contribution in [0.2, 0.25) is 0 Å². The highest BCUT2D eigenvalue weighted by atomic mass is 79.9. The number of nitrogens with two attached hydrogens (primary N) is 1. The Kier molecular flexibility index (Phi) is 3.17. The van der Waals surface area contributed by atoms with Gasteiger partial charge in [0, 0.05) is 11.0 Å². The van der Waals surface area contributed by atoms with Gasteiger partial charge in [0.15, 0.2) is 0 Å². The zero-order valence-electron chi connectivity index (χ0n) is 8.41. The first-order valence-corrected chi connectivity index (χ1v) is 5.91. The Morgan fingerprint density at radius 3 is 2.87 bits per heavy atom. The molecule has 0 bridgehead atoms. The van der Waals surface area contributed by atoms with Crippen molar-refractivity contribution in [1.82, 2.24) is 0 Å². The van der Waals surface area contributed by atoms with Gasteiger partial charge in [0.25, 0.3) is 0 Å². The molecule has 4 N–H and O–H groups in total. The minimum Gasteiger partial charge on any atom is -0.397 e. The smallest absolute Gasteiger partial charge is 0.0585 e. The van der Waals surface area contributed by atoms with E-state index < -0.39 is 0 Å². The van der Waals surface area contributed by atoms with Gasteiger partial charge >= 0.3 is 0 Å². The lowest BCUT2D eigenvalue weighted by Gasteiger charge is -2.31. The van der Waals surface area contributed by atoms with Gasteiger partial charge in [0.2, 0.25) is 0 Å². The molecule has 0 amide bonds. The van der Waals surface area contributed by atoms with Gasteiger partial charge in [-0.25, -0.2) is 0 Å². The van der Waals surface area contributed by atoms with E-state index in [-0.39, 0.29) is 6.10 Å². The second kappa shape index (κ2) is 4.41. The van der Waals surface area contributed by atoms with E-state index in [4.69, 9.17) is 10.8 Å². The Morgan fingerprint density at radius 1 is 1.47 bits per heavy atom. The van der Waals surface area contributed by atoms with Crippen LogP contribution in [0.25, 0.3) is 0 Å². The molecule has 1 fully saturated rings. The summed E-state index contributed by atoms with van der Waals surface area (Å²) in [5.41, 5.74) is 7.56. The van der Waals surface area contributed by atoms with Crippen LogP contribution in [0.5, 0.6) is 0 Å². The quantitative estimate of drug-likeness (QED) is 0.739. The van der Waals surface area contributed by atoms with Crippen LogP contribution in [-0.4, -0.2) is 17.8 Å². The number of hydrogen-bond donors (Lipinski definition) is 3. The number of rotatable bonds is 3. The SMILES string of the molecule is Nc1ccc(Br)cc1NCC1CC(O)C1. The molecule has 1 aromatic carbocycles. The number of halogens is 1. The van der Waals surface area contributed by atoms with E-state index in [1.807, 2.05) is 18.2 Å². The van der Waals surface area contributed by atoms with Gasteiger partial charge in [-0.05, 0) is 37.0 Å². The van der Waals surface area contributed by atoms with Crippen LogP contribution in [-0.2, 0) is 0 Å². The molecule has 0 spiro atoms. The van der Waals surface area contributed by atoms with Gasteiger partial charge in [-0.1, -0.05) is 15.9 Å². The highest BCUT2D eigenvalue weighted by molar-refractivity contribution is 9.10. The Labute approximate surface area is 97.8 Å². The van der Waals surface area contributed by atoms with Crippen molar-refractivity contribution in [2.24, 2.45) is 5.92 Å². The zero-order valence-corrected chi connectivity index (χ0v) is 10.00. The molecule has 15 heavy (non-hydrogen) atoms.